The van der Waals surface area contributed by atoms with Crippen molar-refractivity contribution < 1.29 is 14.3 Å². The third-order valence-corrected chi connectivity index (χ3v) is 7.13. The Labute approximate surface area is 218 Å². The molecule has 8 nitrogen and oxygen atoms in total. The second-order valence-corrected chi connectivity index (χ2v) is 10.9. The van der Waals surface area contributed by atoms with E-state index < -0.39 is 5.41 Å². The molecule has 0 aliphatic carbocycles. The molecule has 1 N–H and O–H groups in total. The average Bonchev–Trinajstić information content (AvgIpc) is 3.19. The molecule has 1 aliphatic heterocycles. The minimum absolute atomic E-state index is 0.0457. The second kappa shape index (κ2) is 11.3. The summed E-state index contributed by atoms with van der Waals surface area (Å²) in [4.78, 5) is 41.0. The summed E-state index contributed by atoms with van der Waals surface area (Å²) in [6, 6.07) is 16.7. The third kappa shape index (κ3) is 6.13. The van der Waals surface area contributed by atoms with Crippen LogP contribution in [0.5, 0.6) is 0 Å². The number of nitrogens with one attached hydrogen (secondary N) is 1. The largest absolute Gasteiger partial charge is 0.460 e. The summed E-state index contributed by atoms with van der Waals surface area (Å²) in [6.07, 6.45) is 1.83. The maximum atomic E-state index is 13.0. The highest BCUT2D eigenvalue weighted by atomic mass is 16.5. The summed E-state index contributed by atoms with van der Waals surface area (Å²) in [5.74, 6) is 0.124. The molecule has 0 spiro atoms. The Hall–Kier alpha value is -3.39. The van der Waals surface area contributed by atoms with Gasteiger partial charge in [0.25, 0.3) is 0 Å². The number of carbonyl (C=O) groups excluding carboxylic acids is 2. The molecule has 0 saturated carbocycles. The summed E-state index contributed by atoms with van der Waals surface area (Å²) in [7, 11) is 0. The Morgan fingerprint density at radius 3 is 2.27 bits per heavy atom. The number of nitrogens with zero attached hydrogens (tertiary/aromatic N) is 3. The third-order valence-electron chi connectivity index (χ3n) is 7.13. The van der Waals surface area contributed by atoms with Gasteiger partial charge in [-0.25, -0.2) is 14.2 Å². The number of imidazole rings is 1. The van der Waals surface area contributed by atoms with E-state index in [4.69, 9.17) is 4.74 Å². The number of aromatic nitrogens is 2. The number of carbonyl (C=O) groups is 2. The first-order chi connectivity index (χ1) is 17.7. The fourth-order valence-corrected chi connectivity index (χ4v) is 5.07. The van der Waals surface area contributed by atoms with Crippen LogP contribution in [0.4, 0.5) is 4.79 Å². The van der Waals surface area contributed by atoms with Crippen LogP contribution in [0.25, 0.3) is 11.0 Å². The fourth-order valence-electron chi connectivity index (χ4n) is 5.07. The van der Waals surface area contributed by atoms with Crippen LogP contribution in [0.1, 0.15) is 52.1 Å². The number of hydrogen-bond acceptors (Lipinski definition) is 5. The van der Waals surface area contributed by atoms with Gasteiger partial charge in [0, 0.05) is 19.1 Å². The molecule has 1 saturated heterocycles. The molecule has 198 valence electrons. The quantitative estimate of drug-likeness (QED) is 0.457. The zero-order valence-corrected chi connectivity index (χ0v) is 22.3. The molecule has 1 fully saturated rings. The van der Waals surface area contributed by atoms with Crippen LogP contribution >= 0.6 is 0 Å². The molecular formula is C29H38N4O4. The Bertz CT molecular complexity index is 1280. The smallest absolute Gasteiger partial charge is 0.337 e. The van der Waals surface area contributed by atoms with Crippen LogP contribution in [0.15, 0.2) is 59.4 Å². The van der Waals surface area contributed by atoms with Crippen molar-refractivity contribution in [1.82, 2.24) is 19.4 Å². The van der Waals surface area contributed by atoms with Crippen molar-refractivity contribution in [2.75, 3.05) is 26.2 Å². The van der Waals surface area contributed by atoms with Crippen molar-refractivity contribution in [3.05, 3.63) is 70.6 Å². The lowest BCUT2D eigenvalue weighted by Crippen LogP contribution is -2.45. The molecule has 1 amide bonds. The van der Waals surface area contributed by atoms with Gasteiger partial charge in [0.1, 0.15) is 6.61 Å². The molecule has 8 heteroatoms. The summed E-state index contributed by atoms with van der Waals surface area (Å²) >= 11 is 0. The molecule has 0 bridgehead atoms. The number of fused-ring (bicyclic) bond motifs is 1. The highest BCUT2D eigenvalue weighted by Crippen LogP contribution is 2.24. The molecule has 2 aromatic carbocycles. The molecule has 2 heterocycles. The molecule has 3 aromatic rings. The molecular weight excluding hydrogens is 468 g/mol. The SMILES string of the molecule is CC(C)n1c(=O)n(C(=O)NCC2CCN(CC(C)(C)C(=O)OCc3ccccc3)CC2)c2ccccc21. The molecule has 0 atom stereocenters. The summed E-state index contributed by atoms with van der Waals surface area (Å²) in [5.41, 5.74) is 1.43. The van der Waals surface area contributed by atoms with E-state index in [1.165, 1.54) is 4.57 Å². The lowest BCUT2D eigenvalue weighted by Gasteiger charge is -2.36. The average molecular weight is 507 g/mol. The number of hydrogen-bond donors (Lipinski definition) is 1. The predicted molar refractivity (Wildman–Crippen MR) is 145 cm³/mol. The zero-order valence-electron chi connectivity index (χ0n) is 22.3. The van der Waals surface area contributed by atoms with E-state index in [1.54, 1.807) is 10.6 Å². The standard InChI is InChI=1S/C29H38N4O4/c1-21(2)32-24-12-8-9-13-25(24)33(28(32)36)27(35)30-18-22-14-16-31(17-15-22)20-29(3,4)26(34)37-19-23-10-6-5-7-11-23/h5-13,21-22H,14-20H2,1-4H3,(H,30,35). The van der Waals surface area contributed by atoms with Gasteiger partial charge in [0.2, 0.25) is 0 Å². The van der Waals surface area contributed by atoms with E-state index in [0.29, 0.717) is 24.5 Å². The molecule has 4 rings (SSSR count). The second-order valence-electron chi connectivity index (χ2n) is 10.9. The van der Waals surface area contributed by atoms with Crippen LogP contribution in [-0.4, -0.2) is 52.2 Å². The number of benzene rings is 2. The van der Waals surface area contributed by atoms with Crippen molar-refractivity contribution in [1.29, 1.82) is 0 Å². The Morgan fingerprint density at radius 1 is 1.00 bits per heavy atom. The van der Waals surface area contributed by atoms with E-state index in [-0.39, 0.29) is 30.3 Å². The Morgan fingerprint density at radius 2 is 1.62 bits per heavy atom. The predicted octanol–water partition coefficient (Wildman–Crippen LogP) is 4.42. The van der Waals surface area contributed by atoms with Crippen molar-refractivity contribution in [3.63, 3.8) is 0 Å². The summed E-state index contributed by atoms with van der Waals surface area (Å²) in [6.45, 7) is 10.9. The lowest BCUT2D eigenvalue weighted by molar-refractivity contribution is -0.156. The Kier molecular flexibility index (Phi) is 8.17. The molecule has 0 radical (unpaired) electrons. The number of esters is 1. The van der Waals surface area contributed by atoms with Crippen molar-refractivity contribution in [2.45, 2.75) is 53.2 Å². The number of ether oxygens (including phenoxy) is 1. The van der Waals surface area contributed by atoms with Gasteiger partial charge >= 0.3 is 17.7 Å². The van der Waals surface area contributed by atoms with Gasteiger partial charge in [-0.2, -0.15) is 0 Å². The van der Waals surface area contributed by atoms with Crippen LogP contribution in [-0.2, 0) is 16.1 Å². The van der Waals surface area contributed by atoms with Crippen LogP contribution in [0, 0.1) is 11.3 Å². The lowest BCUT2D eigenvalue weighted by atomic mass is 9.90. The van der Waals surface area contributed by atoms with Crippen LogP contribution < -0.4 is 11.0 Å². The summed E-state index contributed by atoms with van der Waals surface area (Å²) < 4.78 is 8.47. The first-order valence-corrected chi connectivity index (χ1v) is 13.1. The van der Waals surface area contributed by atoms with Gasteiger partial charge in [0.15, 0.2) is 0 Å². The highest BCUT2D eigenvalue weighted by molar-refractivity contribution is 5.89. The normalized spacial score (nSPS) is 15.3. The first kappa shape index (κ1) is 26.7. The van der Waals surface area contributed by atoms with Crippen molar-refractivity contribution in [2.24, 2.45) is 11.3 Å². The topological polar surface area (TPSA) is 85.6 Å². The van der Waals surface area contributed by atoms with Crippen molar-refractivity contribution in [3.8, 4) is 0 Å². The first-order valence-electron chi connectivity index (χ1n) is 13.1. The fraction of sp³-hybridized carbons (Fsp3) is 0.483. The molecule has 1 aromatic heterocycles. The minimum atomic E-state index is -0.609. The van der Waals surface area contributed by atoms with Gasteiger partial charge in [-0.1, -0.05) is 42.5 Å². The van der Waals surface area contributed by atoms with E-state index in [1.807, 2.05) is 76.2 Å². The van der Waals surface area contributed by atoms with E-state index in [9.17, 15) is 14.4 Å². The van der Waals surface area contributed by atoms with Gasteiger partial charge < -0.3 is 15.0 Å². The van der Waals surface area contributed by atoms with Crippen molar-refractivity contribution >= 4 is 23.0 Å². The molecule has 1 aliphatic rings. The zero-order chi connectivity index (χ0) is 26.6. The van der Waals surface area contributed by atoms with Gasteiger partial charge in [0.05, 0.1) is 16.4 Å². The minimum Gasteiger partial charge on any atom is -0.460 e. The van der Waals surface area contributed by atoms with Crippen LogP contribution in [0.3, 0.4) is 0 Å². The number of rotatable bonds is 8. The monoisotopic (exact) mass is 506 g/mol. The van der Waals surface area contributed by atoms with Crippen LogP contribution in [0.2, 0.25) is 0 Å². The number of likely N-dealkylation sites (tertiary alicyclic amines) is 1. The van der Waals surface area contributed by atoms with Gasteiger partial charge in [-0.05, 0) is 77.2 Å². The number of piperidine rings is 1. The highest BCUT2D eigenvalue weighted by Gasteiger charge is 2.33. The maximum absolute atomic E-state index is 13.0. The molecule has 37 heavy (non-hydrogen) atoms. The summed E-state index contributed by atoms with van der Waals surface area (Å²) in [5, 5.41) is 2.99. The molecule has 0 unspecified atom stereocenters. The van der Waals surface area contributed by atoms with E-state index in [2.05, 4.69) is 10.2 Å². The van der Waals surface area contributed by atoms with Gasteiger partial charge in [-0.3, -0.25) is 9.36 Å². The maximum Gasteiger partial charge on any atom is 0.337 e. The number of amides is 1. The van der Waals surface area contributed by atoms with E-state index >= 15 is 0 Å². The van der Waals surface area contributed by atoms with Gasteiger partial charge in [-0.15, -0.1) is 0 Å². The Balaban J connectivity index is 1.27. The van der Waals surface area contributed by atoms with E-state index in [0.717, 1.165) is 37.0 Å². The number of para-hydroxylation sites is 2.